The maximum absolute atomic E-state index is 12.8. The summed E-state index contributed by atoms with van der Waals surface area (Å²) in [6, 6.07) is 9.68. The highest BCUT2D eigenvalue weighted by atomic mass is 35.5. The zero-order valence-corrected chi connectivity index (χ0v) is 19.0. The van der Waals surface area contributed by atoms with Gasteiger partial charge in [0, 0.05) is 37.6 Å². The molecule has 2 aromatic rings. The minimum absolute atomic E-state index is 0.0923. The molecule has 7 nitrogen and oxygen atoms in total. The first kappa shape index (κ1) is 22.2. The van der Waals surface area contributed by atoms with E-state index in [2.05, 4.69) is 0 Å². The van der Waals surface area contributed by atoms with Gasteiger partial charge in [0.15, 0.2) is 11.5 Å². The second kappa shape index (κ2) is 9.24. The number of halogens is 2. The van der Waals surface area contributed by atoms with Crippen LogP contribution in [0.1, 0.15) is 12.0 Å². The largest absolute Gasteiger partial charge is 0.489 e. The number of hydrogen-bond acceptors (Lipinski definition) is 5. The van der Waals surface area contributed by atoms with Gasteiger partial charge in [-0.3, -0.25) is 4.79 Å². The van der Waals surface area contributed by atoms with Crippen molar-refractivity contribution in [2.75, 3.05) is 39.4 Å². The van der Waals surface area contributed by atoms with E-state index < -0.39 is 10.0 Å². The number of benzene rings is 2. The third-order valence-corrected chi connectivity index (χ3v) is 7.65. The molecule has 0 radical (unpaired) electrons. The molecule has 166 valence electrons. The van der Waals surface area contributed by atoms with E-state index in [4.69, 9.17) is 32.7 Å². The Bertz CT molecular complexity index is 1090. The number of fused-ring (bicyclic) bond motifs is 1. The Morgan fingerprint density at radius 2 is 1.74 bits per heavy atom. The first-order valence-electron chi connectivity index (χ1n) is 9.96. The molecular formula is C21H22Cl2N2O5S. The summed E-state index contributed by atoms with van der Waals surface area (Å²) in [4.78, 5) is 14.6. The highest BCUT2D eigenvalue weighted by Gasteiger charge is 2.30. The zero-order valence-electron chi connectivity index (χ0n) is 16.7. The maximum Gasteiger partial charge on any atom is 0.243 e. The average Bonchev–Trinajstić information content (AvgIpc) is 3.00. The van der Waals surface area contributed by atoms with Crippen LogP contribution in [-0.4, -0.2) is 62.9 Å². The van der Waals surface area contributed by atoms with E-state index in [9.17, 15) is 13.2 Å². The Kier molecular flexibility index (Phi) is 6.62. The molecule has 0 aliphatic carbocycles. The normalized spacial score (nSPS) is 17.3. The van der Waals surface area contributed by atoms with Crippen LogP contribution in [0.5, 0.6) is 11.5 Å². The quantitative estimate of drug-likeness (QED) is 0.665. The van der Waals surface area contributed by atoms with Gasteiger partial charge in [0.05, 0.1) is 29.6 Å². The smallest absolute Gasteiger partial charge is 0.243 e. The van der Waals surface area contributed by atoms with Crippen molar-refractivity contribution < 1.29 is 22.7 Å². The lowest BCUT2D eigenvalue weighted by Crippen LogP contribution is -2.50. The zero-order chi connectivity index (χ0) is 22.0. The molecule has 1 amide bonds. The fourth-order valence-corrected chi connectivity index (χ4v) is 5.64. The summed E-state index contributed by atoms with van der Waals surface area (Å²) in [5.41, 5.74) is 0.730. The number of ether oxygens (including phenoxy) is 2. The molecule has 4 rings (SSSR count). The van der Waals surface area contributed by atoms with Crippen LogP contribution in [0.4, 0.5) is 0 Å². The third kappa shape index (κ3) is 4.92. The molecule has 10 heteroatoms. The van der Waals surface area contributed by atoms with Gasteiger partial charge >= 0.3 is 0 Å². The van der Waals surface area contributed by atoms with Crippen molar-refractivity contribution in [1.29, 1.82) is 0 Å². The molecule has 2 heterocycles. The predicted octanol–water partition coefficient (Wildman–Crippen LogP) is 3.23. The molecule has 2 aliphatic rings. The molecule has 1 saturated heterocycles. The summed E-state index contributed by atoms with van der Waals surface area (Å²) in [5.74, 6) is 0.964. The van der Waals surface area contributed by atoms with Gasteiger partial charge in [0.2, 0.25) is 15.9 Å². The van der Waals surface area contributed by atoms with Crippen molar-refractivity contribution in [3.63, 3.8) is 0 Å². The molecule has 0 N–H and O–H groups in total. The lowest BCUT2D eigenvalue weighted by Gasteiger charge is -2.34. The van der Waals surface area contributed by atoms with Crippen molar-refractivity contribution >= 4 is 39.1 Å². The van der Waals surface area contributed by atoms with Crippen molar-refractivity contribution in [3.05, 3.63) is 52.0 Å². The molecule has 31 heavy (non-hydrogen) atoms. The second-order valence-electron chi connectivity index (χ2n) is 7.37. The Morgan fingerprint density at radius 1 is 1.00 bits per heavy atom. The highest BCUT2D eigenvalue weighted by Crippen LogP contribution is 2.38. The fourth-order valence-electron chi connectivity index (χ4n) is 3.63. The number of hydrogen-bond donors (Lipinski definition) is 0. The summed E-state index contributed by atoms with van der Waals surface area (Å²) >= 11 is 12.2. The van der Waals surface area contributed by atoms with Crippen LogP contribution in [0.25, 0.3) is 0 Å². The van der Waals surface area contributed by atoms with Gasteiger partial charge in [-0.2, -0.15) is 4.31 Å². The van der Waals surface area contributed by atoms with Gasteiger partial charge in [-0.1, -0.05) is 29.3 Å². The Balaban J connectivity index is 1.40. The third-order valence-electron chi connectivity index (χ3n) is 5.24. The number of carbonyl (C=O) groups excluding carboxylic acids is 1. The highest BCUT2D eigenvalue weighted by molar-refractivity contribution is 7.89. The molecule has 2 aliphatic heterocycles. The molecule has 0 unspecified atom stereocenters. The second-order valence-corrected chi connectivity index (χ2v) is 10.2. The Labute approximate surface area is 191 Å². The first-order valence-corrected chi connectivity index (χ1v) is 12.2. The number of carbonyl (C=O) groups is 1. The fraction of sp³-hybridized carbons (Fsp3) is 0.381. The molecular weight excluding hydrogens is 463 g/mol. The minimum Gasteiger partial charge on any atom is -0.489 e. The van der Waals surface area contributed by atoms with E-state index in [1.54, 1.807) is 29.2 Å². The molecule has 0 atom stereocenters. The summed E-state index contributed by atoms with van der Waals surface area (Å²) in [6.07, 6.45) is 0.916. The topological polar surface area (TPSA) is 76.2 Å². The van der Waals surface area contributed by atoms with Gasteiger partial charge in [-0.15, -0.1) is 0 Å². The average molecular weight is 485 g/mol. The number of nitrogens with zero attached hydrogens (tertiary/aromatic N) is 2. The van der Waals surface area contributed by atoms with Crippen LogP contribution in [0.3, 0.4) is 0 Å². The van der Waals surface area contributed by atoms with Crippen LogP contribution in [-0.2, 0) is 21.2 Å². The number of amides is 1. The van der Waals surface area contributed by atoms with Crippen molar-refractivity contribution in [2.45, 2.75) is 17.7 Å². The number of piperazine rings is 1. The van der Waals surface area contributed by atoms with Gasteiger partial charge < -0.3 is 14.4 Å². The van der Waals surface area contributed by atoms with Crippen molar-refractivity contribution in [1.82, 2.24) is 9.21 Å². The van der Waals surface area contributed by atoms with E-state index in [0.717, 1.165) is 12.0 Å². The Morgan fingerprint density at radius 3 is 2.48 bits per heavy atom. The lowest BCUT2D eigenvalue weighted by atomic mass is 10.1. The molecule has 0 bridgehead atoms. The van der Waals surface area contributed by atoms with Crippen molar-refractivity contribution in [3.8, 4) is 11.5 Å². The summed E-state index contributed by atoms with van der Waals surface area (Å²) in [5, 5.41) is 0.781. The molecule has 0 saturated carbocycles. The lowest BCUT2D eigenvalue weighted by molar-refractivity contribution is -0.131. The van der Waals surface area contributed by atoms with E-state index in [-0.39, 0.29) is 30.3 Å². The van der Waals surface area contributed by atoms with Crippen LogP contribution in [0.15, 0.2) is 41.3 Å². The summed E-state index contributed by atoms with van der Waals surface area (Å²) in [7, 11) is -3.65. The van der Waals surface area contributed by atoms with Crippen LogP contribution < -0.4 is 9.47 Å². The van der Waals surface area contributed by atoms with Gasteiger partial charge in [0.1, 0.15) is 0 Å². The van der Waals surface area contributed by atoms with Crippen molar-refractivity contribution in [2.24, 2.45) is 0 Å². The van der Waals surface area contributed by atoms with Gasteiger partial charge in [0.25, 0.3) is 0 Å². The summed E-state index contributed by atoms with van der Waals surface area (Å²) in [6.45, 7) is 2.15. The van der Waals surface area contributed by atoms with Gasteiger partial charge in [-0.05, 0) is 35.9 Å². The van der Waals surface area contributed by atoms with Gasteiger partial charge in [-0.25, -0.2) is 8.42 Å². The predicted molar refractivity (Wildman–Crippen MR) is 118 cm³/mol. The van der Waals surface area contributed by atoms with E-state index in [0.29, 0.717) is 47.8 Å². The van der Waals surface area contributed by atoms with E-state index >= 15 is 0 Å². The molecule has 0 spiro atoms. The monoisotopic (exact) mass is 484 g/mol. The first-order chi connectivity index (χ1) is 14.8. The van der Waals surface area contributed by atoms with E-state index in [1.807, 2.05) is 0 Å². The SMILES string of the molecule is O=C(Cc1cc(Cl)c2c(c1)OCCCO2)N1CCN(S(=O)(=O)c2cccc(Cl)c2)CC1. The summed E-state index contributed by atoms with van der Waals surface area (Å²) < 4.78 is 38.3. The van der Waals surface area contributed by atoms with Crippen LogP contribution in [0, 0.1) is 0 Å². The van der Waals surface area contributed by atoms with E-state index in [1.165, 1.54) is 16.4 Å². The molecule has 2 aromatic carbocycles. The number of rotatable bonds is 4. The van der Waals surface area contributed by atoms with Crippen LogP contribution >= 0.6 is 23.2 Å². The number of sulfonamides is 1. The minimum atomic E-state index is -3.65. The van der Waals surface area contributed by atoms with Crippen LogP contribution in [0.2, 0.25) is 10.0 Å². The maximum atomic E-state index is 12.8. The standard InChI is InChI=1S/C21H22Cl2N2O5S/c22-16-3-1-4-17(14-16)31(27,28)25-7-5-24(6-8-25)20(26)13-15-11-18(23)21-19(12-15)29-9-2-10-30-21/h1,3-4,11-12,14H,2,5-10,13H2. The Hall–Kier alpha value is -2.00. The molecule has 0 aromatic heterocycles. The molecule has 1 fully saturated rings.